The van der Waals surface area contributed by atoms with E-state index in [-0.39, 0.29) is 23.7 Å². The number of pyridine rings is 1. The number of methoxy groups -OCH3 is 1. The molecule has 21 heavy (non-hydrogen) atoms. The summed E-state index contributed by atoms with van der Waals surface area (Å²) in [5.74, 6) is -0.713. The average Bonchev–Trinajstić information content (AvgIpc) is 2.50. The van der Waals surface area contributed by atoms with Crippen molar-refractivity contribution in [3.63, 3.8) is 0 Å². The van der Waals surface area contributed by atoms with Gasteiger partial charge in [0.15, 0.2) is 17.4 Å². The van der Waals surface area contributed by atoms with Gasteiger partial charge >= 0.3 is 0 Å². The lowest BCUT2D eigenvalue weighted by atomic mass is 10.2. The predicted octanol–water partition coefficient (Wildman–Crippen LogP) is 1.14. The van der Waals surface area contributed by atoms with Gasteiger partial charge in [-0.2, -0.15) is 0 Å². The van der Waals surface area contributed by atoms with Crippen LogP contribution in [-0.2, 0) is 6.54 Å². The van der Waals surface area contributed by atoms with Crippen LogP contribution in [0, 0.1) is 5.82 Å². The third-order valence-electron chi connectivity index (χ3n) is 3.01. The Morgan fingerprint density at radius 2 is 2.19 bits per heavy atom. The number of hydrogen-bond donors (Lipinski definition) is 2. The SMILES string of the molecule is COc1cccc(Cn2cccc(/C(N)=N/O)c2=O)c1F. The summed E-state index contributed by atoms with van der Waals surface area (Å²) in [6.45, 7) is 0.00835. The zero-order chi connectivity index (χ0) is 15.4. The molecule has 7 heteroatoms. The fourth-order valence-electron chi connectivity index (χ4n) is 1.93. The standard InChI is InChI=1S/C14H14FN3O3/c1-21-11-6-2-4-9(12(11)15)8-18-7-3-5-10(14(18)19)13(16)17-20/h2-7,20H,8H2,1H3,(H2,16,17). The highest BCUT2D eigenvalue weighted by atomic mass is 19.1. The molecule has 0 saturated carbocycles. The van der Waals surface area contributed by atoms with Crippen LogP contribution in [0.4, 0.5) is 4.39 Å². The lowest BCUT2D eigenvalue weighted by Crippen LogP contribution is -2.30. The van der Waals surface area contributed by atoms with Crippen molar-refractivity contribution in [2.45, 2.75) is 6.54 Å². The van der Waals surface area contributed by atoms with E-state index in [9.17, 15) is 9.18 Å². The summed E-state index contributed by atoms with van der Waals surface area (Å²) >= 11 is 0. The molecule has 0 aliphatic heterocycles. The molecule has 1 aromatic heterocycles. The van der Waals surface area contributed by atoms with Crippen molar-refractivity contribution in [1.29, 1.82) is 0 Å². The maximum Gasteiger partial charge on any atom is 0.261 e. The minimum Gasteiger partial charge on any atom is -0.494 e. The molecule has 2 aromatic rings. The highest BCUT2D eigenvalue weighted by Crippen LogP contribution is 2.20. The van der Waals surface area contributed by atoms with Gasteiger partial charge in [0.25, 0.3) is 5.56 Å². The molecule has 0 atom stereocenters. The molecule has 1 aromatic carbocycles. The first kappa shape index (κ1) is 14.6. The van der Waals surface area contributed by atoms with Crippen molar-refractivity contribution >= 4 is 5.84 Å². The maximum atomic E-state index is 14.1. The molecule has 0 aliphatic carbocycles. The van der Waals surface area contributed by atoms with Gasteiger partial charge in [-0.05, 0) is 18.2 Å². The van der Waals surface area contributed by atoms with Crippen LogP contribution in [0.2, 0.25) is 0 Å². The number of amidine groups is 1. The number of oxime groups is 1. The zero-order valence-corrected chi connectivity index (χ0v) is 11.3. The number of aromatic nitrogens is 1. The van der Waals surface area contributed by atoms with Crippen LogP contribution in [-0.4, -0.2) is 22.7 Å². The van der Waals surface area contributed by atoms with Gasteiger partial charge < -0.3 is 20.2 Å². The van der Waals surface area contributed by atoms with E-state index in [1.807, 2.05) is 0 Å². The van der Waals surface area contributed by atoms with Gasteiger partial charge in [0, 0.05) is 11.8 Å². The van der Waals surface area contributed by atoms with Crippen molar-refractivity contribution in [2.75, 3.05) is 7.11 Å². The Labute approximate surface area is 119 Å². The van der Waals surface area contributed by atoms with Crippen LogP contribution in [0.15, 0.2) is 46.5 Å². The molecule has 0 unspecified atom stereocenters. The first-order valence-electron chi connectivity index (χ1n) is 6.07. The summed E-state index contributed by atoms with van der Waals surface area (Å²) in [7, 11) is 1.37. The second-order valence-electron chi connectivity index (χ2n) is 4.27. The third-order valence-corrected chi connectivity index (χ3v) is 3.01. The van der Waals surface area contributed by atoms with Crippen LogP contribution in [0.5, 0.6) is 5.75 Å². The molecule has 0 fully saturated rings. The molecular formula is C14H14FN3O3. The molecule has 2 rings (SSSR count). The predicted molar refractivity (Wildman–Crippen MR) is 75.3 cm³/mol. The normalized spacial score (nSPS) is 11.4. The van der Waals surface area contributed by atoms with Crippen molar-refractivity contribution in [3.05, 3.63) is 63.8 Å². The number of nitrogens with two attached hydrogens (primary N) is 1. The van der Waals surface area contributed by atoms with E-state index in [0.717, 1.165) is 0 Å². The number of rotatable bonds is 4. The summed E-state index contributed by atoms with van der Waals surface area (Å²) < 4.78 is 20.3. The fraction of sp³-hybridized carbons (Fsp3) is 0.143. The second kappa shape index (κ2) is 6.08. The molecule has 0 bridgehead atoms. The summed E-state index contributed by atoms with van der Waals surface area (Å²) in [6, 6.07) is 7.67. The first-order valence-corrected chi connectivity index (χ1v) is 6.07. The summed E-state index contributed by atoms with van der Waals surface area (Å²) in [5.41, 5.74) is 5.29. The minimum absolute atomic E-state index is 0.00835. The molecule has 3 N–H and O–H groups in total. The second-order valence-corrected chi connectivity index (χ2v) is 4.27. The van der Waals surface area contributed by atoms with Gasteiger partial charge in [0.05, 0.1) is 19.2 Å². The lowest BCUT2D eigenvalue weighted by Gasteiger charge is -2.10. The van der Waals surface area contributed by atoms with Gasteiger partial charge in [-0.3, -0.25) is 4.79 Å². The molecule has 0 radical (unpaired) electrons. The monoisotopic (exact) mass is 291 g/mol. The summed E-state index contributed by atoms with van der Waals surface area (Å²) in [4.78, 5) is 12.2. The van der Waals surface area contributed by atoms with Gasteiger partial charge in [-0.25, -0.2) is 4.39 Å². The smallest absolute Gasteiger partial charge is 0.261 e. The van der Waals surface area contributed by atoms with Crippen molar-refractivity contribution in [2.24, 2.45) is 10.9 Å². The number of halogens is 1. The third kappa shape index (κ3) is 2.86. The Kier molecular flexibility index (Phi) is 4.22. The van der Waals surface area contributed by atoms with Gasteiger partial charge in [0.1, 0.15) is 0 Å². The van der Waals surface area contributed by atoms with Crippen molar-refractivity contribution < 1.29 is 14.3 Å². The quantitative estimate of drug-likeness (QED) is 0.382. The zero-order valence-electron chi connectivity index (χ0n) is 11.3. The fourth-order valence-corrected chi connectivity index (χ4v) is 1.93. The van der Waals surface area contributed by atoms with E-state index < -0.39 is 11.4 Å². The van der Waals surface area contributed by atoms with Crippen LogP contribution in [0.25, 0.3) is 0 Å². The Hall–Kier alpha value is -2.83. The van der Waals surface area contributed by atoms with E-state index in [2.05, 4.69) is 5.16 Å². The van der Waals surface area contributed by atoms with Crippen LogP contribution in [0.3, 0.4) is 0 Å². The molecule has 0 aliphatic rings. The number of hydrogen-bond acceptors (Lipinski definition) is 4. The Morgan fingerprint density at radius 1 is 1.43 bits per heavy atom. The average molecular weight is 291 g/mol. The van der Waals surface area contributed by atoms with Crippen molar-refractivity contribution in [1.82, 2.24) is 4.57 Å². The highest BCUT2D eigenvalue weighted by molar-refractivity contribution is 5.96. The topological polar surface area (TPSA) is 89.8 Å². The van der Waals surface area contributed by atoms with Gasteiger partial charge in [0.2, 0.25) is 0 Å². The molecule has 6 nitrogen and oxygen atoms in total. The van der Waals surface area contributed by atoms with Crippen LogP contribution < -0.4 is 16.0 Å². The van der Waals surface area contributed by atoms with E-state index in [4.69, 9.17) is 15.7 Å². The van der Waals surface area contributed by atoms with E-state index in [1.54, 1.807) is 18.2 Å². The van der Waals surface area contributed by atoms with E-state index >= 15 is 0 Å². The van der Waals surface area contributed by atoms with Crippen LogP contribution >= 0.6 is 0 Å². The summed E-state index contributed by atoms with van der Waals surface area (Å²) in [5, 5.41) is 11.4. The number of nitrogens with zero attached hydrogens (tertiary/aromatic N) is 2. The minimum atomic E-state index is -0.527. The van der Waals surface area contributed by atoms with E-state index in [0.29, 0.717) is 5.56 Å². The Bertz CT molecular complexity index is 740. The molecule has 1 heterocycles. The summed E-state index contributed by atoms with van der Waals surface area (Å²) in [6.07, 6.45) is 1.50. The van der Waals surface area contributed by atoms with E-state index in [1.165, 1.54) is 30.0 Å². The number of benzene rings is 1. The van der Waals surface area contributed by atoms with Gasteiger partial charge in [-0.1, -0.05) is 17.3 Å². The molecule has 0 spiro atoms. The molecule has 0 saturated heterocycles. The van der Waals surface area contributed by atoms with Crippen molar-refractivity contribution in [3.8, 4) is 5.75 Å². The molecule has 0 amide bonds. The largest absolute Gasteiger partial charge is 0.494 e. The molecule has 110 valence electrons. The number of ether oxygens (including phenoxy) is 1. The first-order chi connectivity index (χ1) is 10.1. The maximum absolute atomic E-state index is 14.1. The Morgan fingerprint density at radius 3 is 2.86 bits per heavy atom. The molecular weight excluding hydrogens is 277 g/mol. The van der Waals surface area contributed by atoms with Crippen LogP contribution in [0.1, 0.15) is 11.1 Å². The Balaban J connectivity index is 2.44. The lowest BCUT2D eigenvalue weighted by molar-refractivity contribution is 0.318. The van der Waals surface area contributed by atoms with Gasteiger partial charge in [-0.15, -0.1) is 0 Å². The highest BCUT2D eigenvalue weighted by Gasteiger charge is 2.12.